The van der Waals surface area contributed by atoms with Gasteiger partial charge in [0.15, 0.2) is 0 Å². The van der Waals surface area contributed by atoms with Gasteiger partial charge in [-0.1, -0.05) is 29.3 Å². The van der Waals surface area contributed by atoms with Crippen LogP contribution >= 0.6 is 15.9 Å². The molecule has 1 fully saturated rings. The van der Waals surface area contributed by atoms with Gasteiger partial charge < -0.3 is 5.32 Å². The van der Waals surface area contributed by atoms with E-state index in [4.69, 9.17) is 0 Å². The number of anilines is 1. The van der Waals surface area contributed by atoms with Crippen molar-refractivity contribution < 1.29 is 4.79 Å². The van der Waals surface area contributed by atoms with E-state index < -0.39 is 0 Å². The first-order valence-corrected chi connectivity index (χ1v) is 8.19. The predicted octanol–water partition coefficient (Wildman–Crippen LogP) is 3.96. The second-order valence-corrected chi connectivity index (χ2v) is 6.45. The molecule has 20 heavy (non-hydrogen) atoms. The van der Waals surface area contributed by atoms with Gasteiger partial charge in [-0.05, 0) is 56.5 Å². The number of hydrogen-bond donors (Lipinski definition) is 1. The first kappa shape index (κ1) is 15.5. The SMILES string of the molecule is CCC1CCCCN1CC(=O)Nc1ccc(Br)cc1C. The minimum atomic E-state index is 0.0933. The molecule has 1 unspecified atom stereocenters. The molecule has 4 heteroatoms. The number of rotatable bonds is 4. The number of benzene rings is 1. The maximum absolute atomic E-state index is 12.2. The van der Waals surface area contributed by atoms with Crippen LogP contribution in [0.4, 0.5) is 5.69 Å². The number of amides is 1. The van der Waals surface area contributed by atoms with Crippen LogP contribution in [0.5, 0.6) is 0 Å². The van der Waals surface area contributed by atoms with Crippen LogP contribution in [0.1, 0.15) is 38.2 Å². The molecule has 0 aromatic heterocycles. The summed E-state index contributed by atoms with van der Waals surface area (Å²) in [6, 6.07) is 6.50. The number of halogens is 1. The van der Waals surface area contributed by atoms with Crippen molar-refractivity contribution in [3.8, 4) is 0 Å². The minimum Gasteiger partial charge on any atom is -0.325 e. The van der Waals surface area contributed by atoms with Gasteiger partial charge in [-0.25, -0.2) is 0 Å². The molecule has 1 aromatic carbocycles. The molecular formula is C16H23BrN2O. The number of nitrogens with zero attached hydrogens (tertiary/aromatic N) is 1. The number of nitrogens with one attached hydrogen (secondary N) is 1. The lowest BCUT2D eigenvalue weighted by Gasteiger charge is -2.34. The van der Waals surface area contributed by atoms with E-state index in [1.807, 2.05) is 25.1 Å². The van der Waals surface area contributed by atoms with E-state index in [-0.39, 0.29) is 5.91 Å². The Morgan fingerprint density at radius 2 is 2.25 bits per heavy atom. The summed E-state index contributed by atoms with van der Waals surface area (Å²) in [6.07, 6.45) is 4.86. The summed E-state index contributed by atoms with van der Waals surface area (Å²) in [5.74, 6) is 0.0933. The van der Waals surface area contributed by atoms with E-state index in [9.17, 15) is 4.79 Å². The summed E-state index contributed by atoms with van der Waals surface area (Å²) < 4.78 is 1.04. The number of carbonyl (C=O) groups is 1. The molecule has 1 heterocycles. The molecule has 0 saturated carbocycles. The highest BCUT2D eigenvalue weighted by Crippen LogP contribution is 2.21. The van der Waals surface area contributed by atoms with Crippen molar-refractivity contribution >= 4 is 27.5 Å². The maximum Gasteiger partial charge on any atom is 0.238 e. The second kappa shape index (κ2) is 7.23. The highest BCUT2D eigenvalue weighted by atomic mass is 79.9. The highest BCUT2D eigenvalue weighted by molar-refractivity contribution is 9.10. The van der Waals surface area contributed by atoms with Gasteiger partial charge in [0.2, 0.25) is 5.91 Å². The predicted molar refractivity (Wildman–Crippen MR) is 87.0 cm³/mol. The zero-order valence-corrected chi connectivity index (χ0v) is 13.9. The van der Waals surface area contributed by atoms with Crippen molar-refractivity contribution in [3.63, 3.8) is 0 Å². The van der Waals surface area contributed by atoms with Gasteiger partial charge in [0, 0.05) is 16.2 Å². The summed E-state index contributed by atoms with van der Waals surface area (Å²) in [5.41, 5.74) is 1.99. The van der Waals surface area contributed by atoms with Crippen LogP contribution in [0.2, 0.25) is 0 Å². The number of piperidine rings is 1. The van der Waals surface area contributed by atoms with Crippen molar-refractivity contribution in [3.05, 3.63) is 28.2 Å². The highest BCUT2D eigenvalue weighted by Gasteiger charge is 2.22. The fourth-order valence-corrected chi connectivity index (χ4v) is 3.35. The smallest absolute Gasteiger partial charge is 0.238 e. The third-order valence-electron chi connectivity index (χ3n) is 4.03. The number of likely N-dealkylation sites (tertiary alicyclic amines) is 1. The fourth-order valence-electron chi connectivity index (χ4n) is 2.87. The van der Waals surface area contributed by atoms with Crippen LogP contribution in [0.15, 0.2) is 22.7 Å². The van der Waals surface area contributed by atoms with Crippen molar-refractivity contribution in [2.75, 3.05) is 18.4 Å². The monoisotopic (exact) mass is 338 g/mol. The first-order valence-electron chi connectivity index (χ1n) is 7.40. The molecule has 1 saturated heterocycles. The quantitative estimate of drug-likeness (QED) is 0.901. The normalized spacial score (nSPS) is 19.9. The van der Waals surface area contributed by atoms with Crippen molar-refractivity contribution in [1.29, 1.82) is 0 Å². The van der Waals surface area contributed by atoms with Gasteiger partial charge in [0.05, 0.1) is 6.54 Å². The van der Waals surface area contributed by atoms with Gasteiger partial charge >= 0.3 is 0 Å². The molecule has 1 atom stereocenters. The van der Waals surface area contributed by atoms with E-state index in [1.165, 1.54) is 19.3 Å². The minimum absolute atomic E-state index is 0.0933. The van der Waals surface area contributed by atoms with Gasteiger partial charge in [0.25, 0.3) is 0 Å². The molecule has 1 N–H and O–H groups in total. The summed E-state index contributed by atoms with van der Waals surface area (Å²) in [7, 11) is 0. The Bertz CT molecular complexity index is 476. The summed E-state index contributed by atoms with van der Waals surface area (Å²) in [5, 5.41) is 3.03. The lowest BCUT2D eigenvalue weighted by molar-refractivity contribution is -0.118. The molecule has 1 aromatic rings. The molecule has 0 aliphatic carbocycles. The van der Waals surface area contributed by atoms with Crippen LogP contribution < -0.4 is 5.32 Å². The molecule has 1 amide bonds. The molecule has 1 aliphatic heterocycles. The van der Waals surface area contributed by atoms with E-state index in [2.05, 4.69) is 33.1 Å². The number of aryl methyl sites for hydroxylation is 1. The standard InChI is InChI=1S/C16H23BrN2O/c1-3-14-6-4-5-9-19(14)11-16(20)18-15-8-7-13(17)10-12(15)2/h7-8,10,14H,3-6,9,11H2,1-2H3,(H,18,20). The van der Waals surface area contributed by atoms with Crippen molar-refractivity contribution in [2.24, 2.45) is 0 Å². The Morgan fingerprint density at radius 3 is 2.95 bits per heavy atom. The van der Waals surface area contributed by atoms with Gasteiger partial charge in [-0.3, -0.25) is 9.69 Å². The van der Waals surface area contributed by atoms with Crippen molar-refractivity contribution in [2.45, 2.75) is 45.6 Å². The Morgan fingerprint density at radius 1 is 1.45 bits per heavy atom. The molecular weight excluding hydrogens is 316 g/mol. The van der Waals surface area contributed by atoms with Gasteiger partial charge in [-0.2, -0.15) is 0 Å². The average molecular weight is 339 g/mol. The van der Waals surface area contributed by atoms with Crippen LogP contribution in [-0.2, 0) is 4.79 Å². The van der Waals surface area contributed by atoms with Crippen LogP contribution in [-0.4, -0.2) is 29.9 Å². The molecule has 0 spiro atoms. The number of carbonyl (C=O) groups excluding carboxylic acids is 1. The maximum atomic E-state index is 12.2. The Labute approximate surface area is 129 Å². The Kier molecular flexibility index (Phi) is 5.61. The van der Waals surface area contributed by atoms with E-state index in [0.717, 1.165) is 28.7 Å². The second-order valence-electron chi connectivity index (χ2n) is 5.54. The van der Waals surface area contributed by atoms with Crippen LogP contribution in [0, 0.1) is 6.92 Å². The van der Waals surface area contributed by atoms with Gasteiger partial charge in [0.1, 0.15) is 0 Å². The zero-order valence-electron chi connectivity index (χ0n) is 12.3. The number of hydrogen-bond acceptors (Lipinski definition) is 2. The lowest BCUT2D eigenvalue weighted by Crippen LogP contribution is -2.43. The molecule has 0 radical (unpaired) electrons. The zero-order chi connectivity index (χ0) is 14.5. The molecule has 2 rings (SSSR count). The molecule has 0 bridgehead atoms. The van der Waals surface area contributed by atoms with E-state index in [0.29, 0.717) is 12.6 Å². The summed E-state index contributed by atoms with van der Waals surface area (Å²) >= 11 is 3.44. The lowest BCUT2D eigenvalue weighted by atomic mass is 10.00. The fraction of sp³-hybridized carbons (Fsp3) is 0.562. The van der Waals surface area contributed by atoms with Crippen LogP contribution in [0.25, 0.3) is 0 Å². The topological polar surface area (TPSA) is 32.3 Å². The third-order valence-corrected chi connectivity index (χ3v) is 4.52. The molecule has 110 valence electrons. The largest absolute Gasteiger partial charge is 0.325 e. The average Bonchev–Trinajstić information content (AvgIpc) is 2.42. The first-order chi connectivity index (χ1) is 9.60. The Balaban J connectivity index is 1.94. The summed E-state index contributed by atoms with van der Waals surface area (Å²) in [6.45, 7) is 5.77. The van der Waals surface area contributed by atoms with E-state index >= 15 is 0 Å². The molecule has 1 aliphatic rings. The molecule has 3 nitrogen and oxygen atoms in total. The summed E-state index contributed by atoms with van der Waals surface area (Å²) in [4.78, 5) is 14.5. The Hall–Kier alpha value is -0.870. The van der Waals surface area contributed by atoms with Gasteiger partial charge in [-0.15, -0.1) is 0 Å². The van der Waals surface area contributed by atoms with Crippen molar-refractivity contribution in [1.82, 2.24) is 4.90 Å². The van der Waals surface area contributed by atoms with Crippen LogP contribution in [0.3, 0.4) is 0 Å². The van der Waals surface area contributed by atoms with E-state index in [1.54, 1.807) is 0 Å². The third kappa shape index (κ3) is 4.06.